The fraction of sp³-hybridized carbons (Fsp3) is 0.667. The molecule has 1 aliphatic heterocycles. The summed E-state index contributed by atoms with van der Waals surface area (Å²) in [5.74, 6) is -1.53. The summed E-state index contributed by atoms with van der Waals surface area (Å²) >= 11 is 0. The number of β-lactam (4-membered cyclic amide) rings is 1. The second-order valence-corrected chi connectivity index (χ2v) is 2.50. The van der Waals surface area contributed by atoms with Crippen LogP contribution in [0.5, 0.6) is 0 Å². The Morgan fingerprint density at radius 3 is 2.92 bits per heavy atom. The third kappa shape index (κ3) is 1.72. The molecule has 0 saturated carbocycles. The monoisotopic (exact) mass is 174 g/mol. The van der Waals surface area contributed by atoms with Crippen molar-refractivity contribution in [3.8, 4) is 0 Å². The fourth-order valence-corrected chi connectivity index (χ4v) is 0.884. The molecule has 0 aromatic carbocycles. The van der Waals surface area contributed by atoms with Crippen molar-refractivity contribution in [3.63, 3.8) is 0 Å². The van der Waals surface area contributed by atoms with Crippen LogP contribution in [0.25, 0.3) is 0 Å². The molecule has 6 nitrogen and oxygen atoms in total. The van der Waals surface area contributed by atoms with Crippen molar-refractivity contribution in [2.45, 2.75) is 0 Å². The number of carbonyl (C=O) groups excluding carboxylic acids is 1. The predicted molar refractivity (Wildman–Crippen MR) is 37.8 cm³/mol. The van der Waals surface area contributed by atoms with Crippen LogP contribution in [0.15, 0.2) is 0 Å². The van der Waals surface area contributed by atoms with E-state index < -0.39 is 12.6 Å². The molecule has 1 atom stereocenters. The van der Waals surface area contributed by atoms with Crippen molar-refractivity contribution in [3.05, 3.63) is 0 Å². The number of hydrogen-bond acceptors (Lipinski definition) is 4. The number of hydroxylamine groups is 2. The van der Waals surface area contributed by atoms with Crippen molar-refractivity contribution in [1.82, 2.24) is 5.06 Å². The molecule has 3 N–H and O–H groups in total. The summed E-state index contributed by atoms with van der Waals surface area (Å²) in [7, 11) is 0. The van der Waals surface area contributed by atoms with E-state index in [1.54, 1.807) is 0 Å². The number of hydrogen-bond donors (Lipinski definition) is 2. The van der Waals surface area contributed by atoms with Gasteiger partial charge in [0.05, 0.1) is 12.5 Å². The molecule has 0 bridgehead atoms. The third-order valence-electron chi connectivity index (χ3n) is 1.61. The molecule has 0 aromatic rings. The number of rotatable bonds is 4. The molecule has 1 fully saturated rings. The Morgan fingerprint density at radius 2 is 2.50 bits per heavy atom. The molecule has 12 heavy (non-hydrogen) atoms. The van der Waals surface area contributed by atoms with Gasteiger partial charge >= 0.3 is 5.97 Å². The standard InChI is InChI=1S/C6H10N2O4/c7-1-4-2-8(6(4)11)12-3-5(9)10/h4H,1-3,7H2,(H,9,10). The lowest BCUT2D eigenvalue weighted by Crippen LogP contribution is -2.55. The Kier molecular flexibility index (Phi) is 2.61. The molecule has 1 aliphatic rings. The van der Waals surface area contributed by atoms with Gasteiger partial charge in [0, 0.05) is 6.54 Å². The lowest BCUT2D eigenvalue weighted by atomic mass is 10.0. The zero-order chi connectivity index (χ0) is 9.14. The minimum Gasteiger partial charge on any atom is -0.479 e. The highest BCUT2D eigenvalue weighted by Gasteiger charge is 2.36. The van der Waals surface area contributed by atoms with Gasteiger partial charge in [-0.3, -0.25) is 9.63 Å². The van der Waals surface area contributed by atoms with Crippen LogP contribution in [0.1, 0.15) is 0 Å². The fourth-order valence-electron chi connectivity index (χ4n) is 0.884. The second kappa shape index (κ2) is 3.51. The highest BCUT2D eigenvalue weighted by Crippen LogP contribution is 2.15. The summed E-state index contributed by atoms with van der Waals surface area (Å²) in [6.07, 6.45) is 0. The molecule has 0 aliphatic carbocycles. The van der Waals surface area contributed by atoms with Crippen LogP contribution in [0.2, 0.25) is 0 Å². The van der Waals surface area contributed by atoms with Crippen molar-refractivity contribution < 1.29 is 19.5 Å². The maximum Gasteiger partial charge on any atom is 0.332 e. The first-order chi connectivity index (χ1) is 5.65. The van der Waals surface area contributed by atoms with Crippen molar-refractivity contribution >= 4 is 11.9 Å². The summed E-state index contributed by atoms with van der Waals surface area (Å²) in [6.45, 7) is 0.192. The van der Waals surface area contributed by atoms with E-state index in [2.05, 4.69) is 4.84 Å². The van der Waals surface area contributed by atoms with Gasteiger partial charge in [-0.25, -0.2) is 9.86 Å². The average molecular weight is 174 g/mol. The van der Waals surface area contributed by atoms with Crippen LogP contribution < -0.4 is 5.73 Å². The lowest BCUT2D eigenvalue weighted by molar-refractivity contribution is -0.221. The van der Waals surface area contributed by atoms with Crippen LogP contribution in [0.4, 0.5) is 0 Å². The Labute approximate surface area is 68.8 Å². The zero-order valence-corrected chi connectivity index (χ0v) is 6.40. The van der Waals surface area contributed by atoms with Gasteiger partial charge in [-0.1, -0.05) is 0 Å². The number of amides is 1. The Hall–Kier alpha value is -1.14. The average Bonchev–Trinajstić information content (AvgIpc) is 2.02. The van der Waals surface area contributed by atoms with E-state index in [1.165, 1.54) is 0 Å². The maximum atomic E-state index is 10.9. The molecule has 1 amide bonds. The van der Waals surface area contributed by atoms with Crippen LogP contribution in [0, 0.1) is 5.92 Å². The highest BCUT2D eigenvalue weighted by molar-refractivity contribution is 5.83. The summed E-state index contributed by atoms with van der Waals surface area (Å²) in [4.78, 5) is 25.6. The lowest BCUT2D eigenvalue weighted by Gasteiger charge is -2.35. The van der Waals surface area contributed by atoms with E-state index in [9.17, 15) is 9.59 Å². The molecule has 1 rings (SSSR count). The SMILES string of the molecule is NCC1CN(OCC(=O)O)C1=O. The highest BCUT2D eigenvalue weighted by atomic mass is 16.7. The summed E-state index contributed by atoms with van der Waals surface area (Å²) in [6, 6.07) is 0. The molecule has 1 heterocycles. The largest absolute Gasteiger partial charge is 0.479 e. The summed E-state index contributed by atoms with van der Waals surface area (Å²) < 4.78 is 0. The number of aliphatic carboxylic acids is 1. The predicted octanol–water partition coefficient (Wildman–Crippen LogP) is -1.58. The van der Waals surface area contributed by atoms with Gasteiger partial charge in [-0.2, -0.15) is 0 Å². The Bertz CT molecular complexity index is 206. The van der Waals surface area contributed by atoms with Crippen LogP contribution in [-0.2, 0) is 14.4 Å². The van der Waals surface area contributed by atoms with E-state index in [0.717, 1.165) is 5.06 Å². The number of carboxylic acid groups (broad SMARTS) is 1. The number of nitrogens with two attached hydrogens (primary N) is 1. The van der Waals surface area contributed by atoms with Gasteiger partial charge in [0.2, 0.25) is 0 Å². The normalized spacial score (nSPS) is 22.2. The van der Waals surface area contributed by atoms with Gasteiger partial charge in [0.25, 0.3) is 5.91 Å². The topological polar surface area (TPSA) is 92.9 Å². The number of nitrogens with zero attached hydrogens (tertiary/aromatic N) is 1. The molecule has 0 aromatic heterocycles. The van der Waals surface area contributed by atoms with Gasteiger partial charge in [0.15, 0.2) is 6.61 Å². The van der Waals surface area contributed by atoms with E-state index in [4.69, 9.17) is 10.8 Å². The molecular formula is C6H10N2O4. The summed E-state index contributed by atoms with van der Waals surface area (Å²) in [5, 5.41) is 9.22. The van der Waals surface area contributed by atoms with E-state index in [1.807, 2.05) is 0 Å². The van der Waals surface area contributed by atoms with Crippen molar-refractivity contribution in [1.29, 1.82) is 0 Å². The summed E-state index contributed by atoms with van der Waals surface area (Å²) in [5.41, 5.74) is 5.22. The van der Waals surface area contributed by atoms with Crippen LogP contribution in [0.3, 0.4) is 0 Å². The van der Waals surface area contributed by atoms with Gasteiger partial charge in [0.1, 0.15) is 0 Å². The number of carbonyl (C=O) groups is 2. The van der Waals surface area contributed by atoms with E-state index >= 15 is 0 Å². The quantitative estimate of drug-likeness (QED) is 0.502. The Morgan fingerprint density at radius 1 is 1.83 bits per heavy atom. The van der Waals surface area contributed by atoms with Gasteiger partial charge in [-0.05, 0) is 0 Å². The van der Waals surface area contributed by atoms with Gasteiger partial charge in [-0.15, -0.1) is 0 Å². The molecule has 68 valence electrons. The van der Waals surface area contributed by atoms with Crippen molar-refractivity contribution in [2.75, 3.05) is 19.7 Å². The first kappa shape index (κ1) is 8.95. The molecule has 1 saturated heterocycles. The van der Waals surface area contributed by atoms with Crippen LogP contribution >= 0.6 is 0 Å². The van der Waals surface area contributed by atoms with E-state index in [0.29, 0.717) is 6.54 Å². The first-order valence-corrected chi connectivity index (χ1v) is 3.51. The minimum absolute atomic E-state index is 0.196. The smallest absolute Gasteiger partial charge is 0.332 e. The zero-order valence-electron chi connectivity index (χ0n) is 6.40. The van der Waals surface area contributed by atoms with Crippen LogP contribution in [-0.4, -0.2) is 41.7 Å². The molecule has 6 heteroatoms. The maximum absolute atomic E-state index is 10.9. The third-order valence-corrected chi connectivity index (χ3v) is 1.61. The van der Waals surface area contributed by atoms with Gasteiger partial charge < -0.3 is 10.8 Å². The van der Waals surface area contributed by atoms with E-state index in [-0.39, 0.29) is 18.4 Å². The Balaban J connectivity index is 2.21. The molecular weight excluding hydrogens is 164 g/mol. The minimum atomic E-state index is -1.10. The second-order valence-electron chi connectivity index (χ2n) is 2.50. The molecule has 0 radical (unpaired) electrons. The molecule has 0 spiro atoms. The first-order valence-electron chi connectivity index (χ1n) is 3.51. The van der Waals surface area contributed by atoms with Crippen molar-refractivity contribution in [2.24, 2.45) is 11.7 Å². The molecule has 1 unspecified atom stereocenters. The number of carboxylic acids is 1.